The van der Waals surface area contributed by atoms with Crippen molar-refractivity contribution in [3.8, 4) is 17.1 Å². The van der Waals surface area contributed by atoms with Gasteiger partial charge < -0.3 is 21.3 Å². The minimum atomic E-state index is -1.67. The summed E-state index contributed by atoms with van der Waals surface area (Å²) in [6.45, 7) is -0.124. The summed E-state index contributed by atoms with van der Waals surface area (Å²) in [7, 11) is 0. The number of aromatic hydroxyl groups is 1. The van der Waals surface area contributed by atoms with E-state index in [1.165, 1.54) is 12.1 Å². The van der Waals surface area contributed by atoms with E-state index in [1.54, 1.807) is 36.4 Å². The van der Waals surface area contributed by atoms with Gasteiger partial charge in [-0.2, -0.15) is 0 Å². The van der Waals surface area contributed by atoms with Crippen LogP contribution in [0.3, 0.4) is 0 Å². The largest absolute Gasteiger partial charge is 0.507 e. The number of aromatic nitrogens is 3. The van der Waals surface area contributed by atoms with E-state index in [1.807, 2.05) is 52.9 Å². The summed E-state index contributed by atoms with van der Waals surface area (Å²) in [5.74, 6) is -2.57. The summed E-state index contributed by atoms with van der Waals surface area (Å²) >= 11 is 0. The van der Waals surface area contributed by atoms with Gasteiger partial charge in [-0.25, -0.2) is 24.9 Å². The van der Waals surface area contributed by atoms with Crippen LogP contribution in [0.1, 0.15) is 28.8 Å². The van der Waals surface area contributed by atoms with E-state index in [4.69, 9.17) is 26.2 Å². The van der Waals surface area contributed by atoms with E-state index in [0.29, 0.717) is 33.6 Å². The number of hydrogen-bond donors (Lipinski definition) is 3. The van der Waals surface area contributed by atoms with Gasteiger partial charge in [-0.15, -0.1) is 0 Å². The van der Waals surface area contributed by atoms with Crippen LogP contribution in [0.25, 0.3) is 39.0 Å². The molecular formula is C34H30N8O6. The van der Waals surface area contributed by atoms with Crippen LogP contribution in [-0.4, -0.2) is 59.9 Å². The van der Waals surface area contributed by atoms with E-state index in [9.17, 15) is 24.8 Å². The second-order valence-electron chi connectivity index (χ2n) is 10.9. The van der Waals surface area contributed by atoms with Crippen LogP contribution in [0.2, 0.25) is 0 Å². The fourth-order valence-corrected chi connectivity index (χ4v) is 5.50. The second kappa shape index (κ2) is 13.4. The van der Waals surface area contributed by atoms with Gasteiger partial charge >= 0.3 is 11.9 Å². The number of para-hydroxylation sites is 3. The number of benzene rings is 4. The minimum absolute atomic E-state index is 0.0494. The molecule has 1 amide bonds. The summed E-state index contributed by atoms with van der Waals surface area (Å²) in [4.78, 5) is 53.4. The number of guanidine groups is 1. The number of phenols is 1. The maximum absolute atomic E-state index is 14.0. The Bertz CT molecular complexity index is 2200. The first kappa shape index (κ1) is 31.4. The molecule has 0 saturated carbocycles. The quantitative estimate of drug-likeness (QED) is 0.0457. The Hall–Kier alpha value is -6.57. The van der Waals surface area contributed by atoms with Crippen molar-refractivity contribution in [2.45, 2.75) is 25.5 Å². The van der Waals surface area contributed by atoms with Gasteiger partial charge in [0.15, 0.2) is 17.0 Å². The van der Waals surface area contributed by atoms with Gasteiger partial charge in [-0.1, -0.05) is 54.6 Å². The average molecular weight is 647 g/mol. The molecule has 0 aliphatic carbocycles. The lowest BCUT2D eigenvalue weighted by Crippen LogP contribution is -2.49. The lowest BCUT2D eigenvalue weighted by Gasteiger charge is -2.22. The van der Waals surface area contributed by atoms with Crippen LogP contribution < -0.4 is 11.5 Å². The van der Waals surface area contributed by atoms with Crippen molar-refractivity contribution in [3.05, 3.63) is 118 Å². The normalized spacial score (nSPS) is 11.8. The third kappa shape index (κ3) is 6.26. The lowest BCUT2D eigenvalue weighted by atomic mass is 10.1. The third-order valence-electron chi connectivity index (χ3n) is 7.73. The Kier molecular flexibility index (Phi) is 8.79. The number of carbonyl (C=O) groups excluding carboxylic acids is 2. The highest BCUT2D eigenvalue weighted by atomic mass is 16.7. The number of imidazole rings is 1. The Morgan fingerprint density at radius 3 is 2.42 bits per heavy atom. The van der Waals surface area contributed by atoms with E-state index in [-0.39, 0.29) is 37.0 Å². The number of ether oxygens (including phenoxy) is 1. The second-order valence-corrected chi connectivity index (χ2v) is 10.9. The molecule has 0 aliphatic heterocycles. The van der Waals surface area contributed by atoms with Crippen molar-refractivity contribution >= 4 is 45.4 Å². The van der Waals surface area contributed by atoms with E-state index in [0.717, 1.165) is 10.9 Å². The van der Waals surface area contributed by atoms with Gasteiger partial charge in [-0.3, -0.25) is 14.2 Å². The zero-order valence-corrected chi connectivity index (χ0v) is 25.5. The lowest BCUT2D eigenvalue weighted by molar-refractivity contribution is -0.638. The highest BCUT2D eigenvalue weighted by Crippen LogP contribution is 2.32. The molecule has 14 heteroatoms. The molecule has 0 aliphatic rings. The number of phenolic OH excluding ortho intramolecular Hbond substituents is 1. The first-order valence-corrected chi connectivity index (χ1v) is 15.0. The number of hydrazine groups is 1. The number of nitrogens with two attached hydrogens (primary N) is 2. The zero-order valence-electron chi connectivity index (χ0n) is 25.5. The number of fused-ring (bicyclic) bond motifs is 5. The van der Waals surface area contributed by atoms with Gasteiger partial charge in [0, 0.05) is 17.5 Å². The molecule has 0 spiro atoms. The smallest absolute Gasteiger partial charge is 0.335 e. The van der Waals surface area contributed by atoms with Gasteiger partial charge in [-0.05, 0) is 65.9 Å². The molecule has 1 atom stereocenters. The van der Waals surface area contributed by atoms with Gasteiger partial charge in [0.2, 0.25) is 0 Å². The van der Waals surface area contributed by atoms with Crippen LogP contribution in [-0.2, 0) is 16.1 Å². The molecule has 0 saturated heterocycles. The molecule has 14 nitrogen and oxygen atoms in total. The number of rotatable bonds is 11. The van der Waals surface area contributed by atoms with Crippen molar-refractivity contribution in [3.63, 3.8) is 0 Å². The fraction of sp³-hybridized carbons (Fsp3) is 0.147. The molecule has 48 heavy (non-hydrogen) atoms. The molecule has 242 valence electrons. The number of hydrogen-bond acceptors (Lipinski definition) is 9. The molecule has 5 N–H and O–H groups in total. The monoisotopic (exact) mass is 646 g/mol. The highest BCUT2D eigenvalue weighted by molar-refractivity contribution is 6.01. The Morgan fingerprint density at radius 2 is 1.67 bits per heavy atom. The first-order chi connectivity index (χ1) is 23.2. The number of carbonyl (C=O) groups is 2. The molecule has 0 unspecified atom stereocenters. The third-order valence-corrected chi connectivity index (χ3v) is 7.73. The summed E-state index contributed by atoms with van der Waals surface area (Å²) in [6, 6.07) is 26.1. The van der Waals surface area contributed by atoms with Crippen LogP contribution in [0.5, 0.6) is 5.75 Å². The number of amides is 1. The molecule has 2 heterocycles. The van der Waals surface area contributed by atoms with Gasteiger partial charge in [0.1, 0.15) is 23.8 Å². The maximum atomic E-state index is 14.0. The number of esters is 1. The van der Waals surface area contributed by atoms with Crippen molar-refractivity contribution in [2.24, 2.45) is 16.5 Å². The molecule has 0 radical (unpaired) electrons. The summed E-state index contributed by atoms with van der Waals surface area (Å²) in [5, 5.41) is 23.4. The van der Waals surface area contributed by atoms with Crippen LogP contribution in [0, 0.1) is 10.1 Å². The van der Waals surface area contributed by atoms with Crippen molar-refractivity contribution < 1.29 is 24.5 Å². The highest BCUT2D eigenvalue weighted by Gasteiger charge is 2.41. The SMILES string of the molecule is NC(N)=NCCC[C@@H](C(=O)OCc1ccccc1)N(C(=O)c1cc(-c2nc3ccccc3c3nc4ccccc4n23)ccc1O)[N+](=O)[O-]. The topological polar surface area (TPSA) is 205 Å². The summed E-state index contributed by atoms with van der Waals surface area (Å²) < 4.78 is 7.26. The number of nitrogens with zero attached hydrogens (tertiary/aromatic N) is 6. The van der Waals surface area contributed by atoms with Crippen LogP contribution in [0.4, 0.5) is 0 Å². The van der Waals surface area contributed by atoms with Crippen molar-refractivity contribution in [2.75, 3.05) is 6.54 Å². The average Bonchev–Trinajstić information content (AvgIpc) is 3.48. The molecule has 2 aromatic heterocycles. The molecule has 6 rings (SSSR count). The number of nitro groups is 1. The van der Waals surface area contributed by atoms with E-state index >= 15 is 0 Å². The molecule has 4 aromatic carbocycles. The van der Waals surface area contributed by atoms with E-state index in [2.05, 4.69) is 4.99 Å². The minimum Gasteiger partial charge on any atom is -0.507 e. The fourth-order valence-electron chi connectivity index (χ4n) is 5.50. The van der Waals surface area contributed by atoms with Crippen molar-refractivity contribution in [1.82, 2.24) is 19.4 Å². The van der Waals surface area contributed by atoms with E-state index < -0.39 is 34.3 Å². The Labute approximate surface area is 273 Å². The van der Waals surface area contributed by atoms with Crippen molar-refractivity contribution in [1.29, 1.82) is 0 Å². The van der Waals surface area contributed by atoms with Gasteiger partial charge in [0.25, 0.3) is 0 Å². The standard InChI is InChI=1S/C34H30N8O6/c35-34(36)37-18-8-15-28(33(45)48-20-21-9-2-1-3-10-21)41(42(46)47)32(44)24-19-22(16-17-29(24)43)30-38-25-12-5-4-11-23(25)31-39-26-13-6-7-14-27(26)40(30)31/h1-7,9-14,16-17,19,28,43H,8,15,18,20H2,(H4,35,36,37)/t28-/m0/s1. The Balaban J connectivity index is 1.41. The zero-order chi connectivity index (χ0) is 33.8. The maximum Gasteiger partial charge on any atom is 0.335 e. The predicted molar refractivity (Wildman–Crippen MR) is 178 cm³/mol. The molecule has 0 bridgehead atoms. The molecule has 0 fully saturated rings. The predicted octanol–water partition coefficient (Wildman–Crippen LogP) is 4.21. The van der Waals surface area contributed by atoms with Crippen LogP contribution in [0.15, 0.2) is 102 Å². The number of aliphatic imine (C=N–C) groups is 1. The first-order valence-electron chi connectivity index (χ1n) is 15.0. The summed E-state index contributed by atoms with van der Waals surface area (Å²) in [6.07, 6.45) is -0.0925. The molecular weight excluding hydrogens is 616 g/mol. The summed E-state index contributed by atoms with van der Waals surface area (Å²) in [5.41, 5.74) is 14.1. The van der Waals surface area contributed by atoms with Crippen LogP contribution >= 0.6 is 0 Å². The molecule has 6 aromatic rings. The van der Waals surface area contributed by atoms with Gasteiger partial charge in [0.05, 0.1) is 22.1 Å². The Morgan fingerprint density at radius 1 is 0.958 bits per heavy atom.